The van der Waals surface area contributed by atoms with E-state index in [0.29, 0.717) is 0 Å². The summed E-state index contributed by atoms with van der Waals surface area (Å²) in [6, 6.07) is 14.2. The van der Waals surface area contributed by atoms with Gasteiger partial charge >= 0.3 is 0 Å². The summed E-state index contributed by atoms with van der Waals surface area (Å²) in [7, 11) is 1.66. The van der Waals surface area contributed by atoms with Crippen molar-refractivity contribution in [1.29, 1.82) is 0 Å². The molecule has 90 valence electrons. The number of halogens is 1. The zero-order valence-corrected chi connectivity index (χ0v) is 12.1. The molecule has 3 aromatic rings. The molecule has 1 heterocycles. The van der Waals surface area contributed by atoms with Crippen molar-refractivity contribution >= 4 is 37.5 Å². The molecular formula is C14H10BrNOS. The smallest absolute Gasteiger partial charge is 0.133 e. The van der Waals surface area contributed by atoms with Crippen molar-refractivity contribution in [2.24, 2.45) is 0 Å². The third-order valence-electron chi connectivity index (χ3n) is 2.69. The molecule has 3 rings (SSSR count). The van der Waals surface area contributed by atoms with Gasteiger partial charge in [-0.1, -0.05) is 12.1 Å². The first-order valence-electron chi connectivity index (χ1n) is 5.47. The van der Waals surface area contributed by atoms with E-state index in [2.05, 4.69) is 27.0 Å². The molecule has 0 N–H and O–H groups in total. The molecule has 0 amide bonds. The molecule has 4 heteroatoms. The second kappa shape index (κ2) is 4.71. The topological polar surface area (TPSA) is 22.1 Å². The van der Waals surface area contributed by atoms with Crippen molar-refractivity contribution in [3.8, 4) is 16.3 Å². The molecule has 0 unspecified atom stereocenters. The Morgan fingerprint density at radius 1 is 1.17 bits per heavy atom. The van der Waals surface area contributed by atoms with Crippen LogP contribution in [0.3, 0.4) is 0 Å². The van der Waals surface area contributed by atoms with Gasteiger partial charge in [-0.2, -0.15) is 0 Å². The van der Waals surface area contributed by atoms with E-state index in [4.69, 9.17) is 4.74 Å². The Labute approximate surface area is 117 Å². The molecule has 0 fully saturated rings. The predicted octanol–water partition coefficient (Wildman–Crippen LogP) is 4.73. The molecule has 2 nitrogen and oxygen atoms in total. The summed E-state index contributed by atoms with van der Waals surface area (Å²) in [6.07, 6.45) is 0. The lowest BCUT2D eigenvalue weighted by molar-refractivity contribution is 0.412. The van der Waals surface area contributed by atoms with Gasteiger partial charge in [-0.05, 0) is 46.3 Å². The van der Waals surface area contributed by atoms with Crippen LogP contribution in [0.1, 0.15) is 0 Å². The maximum absolute atomic E-state index is 5.23. The summed E-state index contributed by atoms with van der Waals surface area (Å²) >= 11 is 5.20. The first-order valence-corrected chi connectivity index (χ1v) is 7.08. The summed E-state index contributed by atoms with van der Waals surface area (Å²) in [5, 5.41) is 1.03. The highest BCUT2D eigenvalue weighted by atomic mass is 79.9. The molecule has 0 aliphatic carbocycles. The maximum Gasteiger partial charge on any atom is 0.133 e. The lowest BCUT2D eigenvalue weighted by Gasteiger charge is -2.03. The number of para-hydroxylation sites is 1. The van der Waals surface area contributed by atoms with Gasteiger partial charge < -0.3 is 4.74 Å². The minimum absolute atomic E-state index is 0.833. The van der Waals surface area contributed by atoms with Crippen molar-refractivity contribution in [2.45, 2.75) is 0 Å². The molecule has 0 radical (unpaired) electrons. The van der Waals surface area contributed by atoms with Gasteiger partial charge in [-0.25, -0.2) is 4.98 Å². The average Bonchev–Trinajstić information content (AvgIpc) is 2.82. The zero-order chi connectivity index (χ0) is 12.5. The summed E-state index contributed by atoms with van der Waals surface area (Å²) in [6.45, 7) is 0. The molecule has 2 aromatic carbocycles. The molecule has 0 spiro atoms. The third kappa shape index (κ3) is 2.02. The van der Waals surface area contributed by atoms with Gasteiger partial charge in [0.2, 0.25) is 0 Å². The van der Waals surface area contributed by atoms with Crippen LogP contribution in [0.4, 0.5) is 0 Å². The van der Waals surface area contributed by atoms with Crippen molar-refractivity contribution < 1.29 is 4.74 Å². The number of methoxy groups -OCH3 is 1. The van der Waals surface area contributed by atoms with E-state index >= 15 is 0 Å². The number of rotatable bonds is 2. The fourth-order valence-electron chi connectivity index (χ4n) is 1.80. The summed E-state index contributed by atoms with van der Waals surface area (Å²) < 4.78 is 7.38. The second-order valence-electron chi connectivity index (χ2n) is 3.84. The Kier molecular flexibility index (Phi) is 3.06. The fraction of sp³-hybridized carbons (Fsp3) is 0.0714. The van der Waals surface area contributed by atoms with Crippen molar-refractivity contribution in [1.82, 2.24) is 4.98 Å². The normalized spacial score (nSPS) is 10.8. The largest absolute Gasteiger partial charge is 0.496 e. The van der Waals surface area contributed by atoms with Crippen LogP contribution in [-0.4, -0.2) is 12.1 Å². The maximum atomic E-state index is 5.23. The van der Waals surface area contributed by atoms with E-state index < -0.39 is 0 Å². The summed E-state index contributed by atoms with van der Waals surface area (Å²) in [4.78, 5) is 4.64. The number of ether oxygens (including phenoxy) is 1. The molecule has 0 atom stereocenters. The van der Waals surface area contributed by atoms with Gasteiger partial charge in [-0.15, -0.1) is 11.3 Å². The number of benzene rings is 2. The van der Waals surface area contributed by atoms with Crippen LogP contribution in [0.15, 0.2) is 46.9 Å². The summed E-state index contributed by atoms with van der Waals surface area (Å²) in [5.41, 5.74) is 2.15. The van der Waals surface area contributed by atoms with Gasteiger partial charge in [0, 0.05) is 5.56 Å². The van der Waals surface area contributed by atoms with E-state index in [-0.39, 0.29) is 0 Å². The zero-order valence-electron chi connectivity index (χ0n) is 9.68. The van der Waals surface area contributed by atoms with Crippen LogP contribution in [0.5, 0.6) is 5.75 Å². The Bertz CT molecular complexity index is 675. The minimum Gasteiger partial charge on any atom is -0.496 e. The first-order chi connectivity index (χ1) is 8.78. The minimum atomic E-state index is 0.833. The van der Waals surface area contributed by atoms with Gasteiger partial charge in [0.1, 0.15) is 10.8 Å². The van der Waals surface area contributed by atoms with Gasteiger partial charge in [0.25, 0.3) is 0 Å². The van der Waals surface area contributed by atoms with E-state index in [9.17, 15) is 0 Å². The Balaban J connectivity index is 2.11. The van der Waals surface area contributed by atoms with Crippen LogP contribution in [0, 0.1) is 0 Å². The van der Waals surface area contributed by atoms with Gasteiger partial charge in [-0.3, -0.25) is 0 Å². The van der Waals surface area contributed by atoms with Crippen molar-refractivity contribution in [2.75, 3.05) is 7.11 Å². The molecule has 18 heavy (non-hydrogen) atoms. The third-order valence-corrected chi connectivity index (χ3v) is 4.40. The Morgan fingerprint density at radius 2 is 2.00 bits per heavy atom. The van der Waals surface area contributed by atoms with E-state index in [1.165, 1.54) is 4.70 Å². The number of hydrogen-bond donors (Lipinski definition) is 0. The first kappa shape index (κ1) is 11.7. The molecule has 0 bridgehead atoms. The number of hydrogen-bond acceptors (Lipinski definition) is 3. The van der Waals surface area contributed by atoms with Crippen LogP contribution in [0.2, 0.25) is 0 Å². The lowest BCUT2D eigenvalue weighted by Crippen LogP contribution is -1.84. The summed E-state index contributed by atoms with van der Waals surface area (Å²) in [5.74, 6) is 0.833. The van der Waals surface area contributed by atoms with Crippen LogP contribution in [-0.2, 0) is 0 Å². The second-order valence-corrected chi connectivity index (χ2v) is 5.72. The molecule has 0 saturated heterocycles. The van der Waals surface area contributed by atoms with Gasteiger partial charge in [0.15, 0.2) is 0 Å². The highest BCUT2D eigenvalue weighted by molar-refractivity contribution is 9.10. The van der Waals surface area contributed by atoms with E-state index in [1.807, 2.05) is 36.4 Å². The quantitative estimate of drug-likeness (QED) is 0.681. The van der Waals surface area contributed by atoms with Crippen LogP contribution in [0.25, 0.3) is 20.8 Å². The average molecular weight is 320 g/mol. The predicted molar refractivity (Wildman–Crippen MR) is 79.3 cm³/mol. The van der Waals surface area contributed by atoms with Gasteiger partial charge in [0.05, 0.1) is 21.8 Å². The van der Waals surface area contributed by atoms with Crippen LogP contribution < -0.4 is 4.74 Å². The number of nitrogens with zero attached hydrogens (tertiary/aromatic N) is 1. The number of aromatic nitrogens is 1. The van der Waals surface area contributed by atoms with Crippen LogP contribution >= 0.6 is 27.3 Å². The molecule has 0 saturated carbocycles. The van der Waals surface area contributed by atoms with E-state index in [1.54, 1.807) is 18.4 Å². The Hall–Kier alpha value is -1.39. The number of fused-ring (bicyclic) bond motifs is 1. The van der Waals surface area contributed by atoms with Crippen molar-refractivity contribution in [3.05, 3.63) is 46.9 Å². The highest BCUT2D eigenvalue weighted by Gasteiger charge is 2.08. The van der Waals surface area contributed by atoms with Crippen molar-refractivity contribution in [3.63, 3.8) is 0 Å². The monoisotopic (exact) mass is 319 g/mol. The number of thiazole rings is 1. The standard InChI is InChI=1S/C14H10BrNOS/c1-17-12-7-6-9(8-10(12)15)14-16-11-4-2-3-5-13(11)18-14/h2-8H,1H3. The molecule has 0 aliphatic heterocycles. The SMILES string of the molecule is COc1ccc(-c2nc3ccccc3s2)cc1Br. The highest BCUT2D eigenvalue weighted by Crippen LogP contribution is 2.34. The lowest BCUT2D eigenvalue weighted by atomic mass is 10.2. The Morgan fingerprint density at radius 3 is 2.72 bits per heavy atom. The molecule has 0 aliphatic rings. The molecular weight excluding hydrogens is 310 g/mol. The fourth-order valence-corrected chi connectivity index (χ4v) is 3.30. The molecule has 1 aromatic heterocycles. The van der Waals surface area contributed by atoms with E-state index in [0.717, 1.165) is 26.3 Å².